The smallest absolute Gasteiger partial charge is 0.243 e. The van der Waals surface area contributed by atoms with Crippen molar-refractivity contribution in [1.82, 2.24) is 9.21 Å². The lowest BCUT2D eigenvalue weighted by Crippen LogP contribution is -2.55. The lowest BCUT2D eigenvalue weighted by atomic mass is 10.1. The topological polar surface area (TPSA) is 71.4 Å². The van der Waals surface area contributed by atoms with Crippen molar-refractivity contribution in [2.75, 3.05) is 26.7 Å². The molecule has 0 amide bonds. The highest BCUT2D eigenvalue weighted by molar-refractivity contribution is 7.89. The summed E-state index contributed by atoms with van der Waals surface area (Å²) in [6.07, 6.45) is 0. The summed E-state index contributed by atoms with van der Waals surface area (Å²) in [7, 11) is -2.25. The first-order chi connectivity index (χ1) is 16.8. The van der Waals surface area contributed by atoms with Crippen molar-refractivity contribution in [3.05, 3.63) is 77.6 Å². The molecular formula is C26H26FN3O4S. The van der Waals surface area contributed by atoms with Crippen LogP contribution >= 0.6 is 0 Å². The van der Waals surface area contributed by atoms with Gasteiger partial charge in [0.25, 0.3) is 0 Å². The quantitative estimate of drug-likeness (QED) is 0.526. The van der Waals surface area contributed by atoms with E-state index in [4.69, 9.17) is 14.5 Å². The molecule has 0 saturated carbocycles. The first-order valence-corrected chi connectivity index (χ1v) is 12.8. The van der Waals surface area contributed by atoms with Crippen molar-refractivity contribution in [1.29, 1.82) is 0 Å². The number of amidine groups is 1. The van der Waals surface area contributed by atoms with Crippen LogP contribution in [0.1, 0.15) is 18.1 Å². The third kappa shape index (κ3) is 4.26. The van der Waals surface area contributed by atoms with Crippen LogP contribution in [0.2, 0.25) is 0 Å². The van der Waals surface area contributed by atoms with Gasteiger partial charge in [-0.3, -0.25) is 0 Å². The molecule has 2 aliphatic rings. The maximum absolute atomic E-state index is 14.1. The summed E-state index contributed by atoms with van der Waals surface area (Å²) in [4.78, 5) is 6.95. The Labute approximate surface area is 204 Å². The summed E-state index contributed by atoms with van der Waals surface area (Å²) < 4.78 is 53.8. The highest BCUT2D eigenvalue weighted by atomic mass is 32.2. The van der Waals surface area contributed by atoms with Gasteiger partial charge < -0.3 is 14.4 Å². The van der Waals surface area contributed by atoms with Crippen LogP contribution in [-0.2, 0) is 10.0 Å². The van der Waals surface area contributed by atoms with Crippen molar-refractivity contribution in [3.63, 3.8) is 0 Å². The van der Waals surface area contributed by atoms with Crippen molar-refractivity contribution < 1.29 is 22.3 Å². The van der Waals surface area contributed by atoms with Gasteiger partial charge in [0.15, 0.2) is 5.75 Å². The molecule has 9 heteroatoms. The molecule has 0 N–H and O–H groups in total. The number of benzene rings is 3. The first-order valence-electron chi connectivity index (χ1n) is 11.3. The molecule has 0 aromatic heterocycles. The number of rotatable bonds is 3. The van der Waals surface area contributed by atoms with Gasteiger partial charge in [-0.25, -0.2) is 17.8 Å². The lowest BCUT2D eigenvalue weighted by molar-refractivity contribution is 0.205. The van der Waals surface area contributed by atoms with E-state index in [1.807, 2.05) is 49.4 Å². The van der Waals surface area contributed by atoms with Gasteiger partial charge in [-0.2, -0.15) is 4.31 Å². The number of piperazine rings is 1. The zero-order valence-electron chi connectivity index (χ0n) is 19.7. The van der Waals surface area contributed by atoms with E-state index in [1.165, 1.54) is 16.4 Å². The number of methoxy groups -OCH3 is 1. The Morgan fingerprint density at radius 3 is 2.60 bits per heavy atom. The molecule has 1 atom stereocenters. The Balaban J connectivity index is 1.49. The normalized spacial score (nSPS) is 18.1. The van der Waals surface area contributed by atoms with Gasteiger partial charge in [-0.15, -0.1) is 0 Å². The van der Waals surface area contributed by atoms with E-state index in [0.29, 0.717) is 47.4 Å². The highest BCUT2D eigenvalue weighted by Gasteiger charge is 2.36. The third-order valence-electron chi connectivity index (χ3n) is 6.36. The maximum atomic E-state index is 14.1. The molecule has 1 fully saturated rings. The van der Waals surface area contributed by atoms with Gasteiger partial charge in [0.1, 0.15) is 28.8 Å². The van der Waals surface area contributed by atoms with Crippen LogP contribution in [-0.4, -0.2) is 56.2 Å². The lowest BCUT2D eigenvalue weighted by Gasteiger charge is -2.40. The van der Waals surface area contributed by atoms with Crippen LogP contribution in [0, 0.1) is 12.7 Å². The summed E-state index contributed by atoms with van der Waals surface area (Å²) in [5, 5.41) is 0. The molecule has 1 saturated heterocycles. The molecule has 0 spiro atoms. The zero-order valence-corrected chi connectivity index (χ0v) is 20.5. The minimum atomic E-state index is -3.85. The van der Waals surface area contributed by atoms with Gasteiger partial charge in [-0.05, 0) is 61.9 Å². The molecule has 2 aliphatic heterocycles. The first kappa shape index (κ1) is 23.3. The van der Waals surface area contributed by atoms with Gasteiger partial charge in [0, 0.05) is 25.7 Å². The van der Waals surface area contributed by atoms with Crippen LogP contribution in [0.4, 0.5) is 10.1 Å². The molecule has 5 rings (SSSR count). The second-order valence-corrected chi connectivity index (χ2v) is 10.6. The summed E-state index contributed by atoms with van der Waals surface area (Å²) in [6, 6.07) is 16.8. The summed E-state index contributed by atoms with van der Waals surface area (Å²) >= 11 is 0. The van der Waals surface area contributed by atoms with E-state index in [0.717, 1.165) is 11.6 Å². The fourth-order valence-corrected chi connectivity index (χ4v) is 6.05. The van der Waals surface area contributed by atoms with Crippen molar-refractivity contribution in [2.45, 2.75) is 24.8 Å². The summed E-state index contributed by atoms with van der Waals surface area (Å²) in [5.41, 5.74) is 1.87. The Kier molecular flexibility index (Phi) is 5.98. The van der Waals surface area contributed by atoms with E-state index in [-0.39, 0.29) is 17.5 Å². The number of ether oxygens (including phenoxy) is 2. The van der Waals surface area contributed by atoms with Crippen molar-refractivity contribution in [2.24, 2.45) is 4.99 Å². The zero-order chi connectivity index (χ0) is 24.7. The van der Waals surface area contributed by atoms with E-state index in [1.54, 1.807) is 14.0 Å². The SMILES string of the molecule is COc1ccc2c(c1)C(N1CCN(S(=O)(=O)c3ccc(C)c(F)c3)C(C)C1)=Nc1ccccc1O2. The van der Waals surface area contributed by atoms with E-state index in [2.05, 4.69) is 4.90 Å². The number of fused-ring (bicyclic) bond motifs is 2. The van der Waals surface area contributed by atoms with E-state index in [9.17, 15) is 12.8 Å². The number of halogens is 1. The molecule has 3 aromatic rings. The van der Waals surface area contributed by atoms with E-state index >= 15 is 0 Å². The fourth-order valence-electron chi connectivity index (χ4n) is 4.43. The second-order valence-electron chi connectivity index (χ2n) is 8.69. The summed E-state index contributed by atoms with van der Waals surface area (Å²) in [6.45, 7) is 4.51. The number of aliphatic imine (C=N–C) groups is 1. The Hall–Kier alpha value is -3.43. The number of para-hydroxylation sites is 2. The van der Waals surface area contributed by atoms with Gasteiger partial charge >= 0.3 is 0 Å². The van der Waals surface area contributed by atoms with Gasteiger partial charge in [0.2, 0.25) is 10.0 Å². The predicted molar refractivity (Wildman–Crippen MR) is 132 cm³/mol. The standard InChI is InChI=1S/C26H26FN3O4S/c1-17-8-10-20(15-22(17)27)35(31,32)30-13-12-29(16-18(30)2)26-21-14-19(33-3)9-11-24(21)34-25-7-5-4-6-23(25)28-26/h4-11,14-15,18H,12-13,16H2,1-3H3. The molecule has 0 aliphatic carbocycles. The predicted octanol–water partition coefficient (Wildman–Crippen LogP) is 4.72. The van der Waals surface area contributed by atoms with Crippen LogP contribution in [0.5, 0.6) is 17.2 Å². The molecule has 35 heavy (non-hydrogen) atoms. The molecule has 7 nitrogen and oxygen atoms in total. The minimum absolute atomic E-state index is 0.0369. The molecule has 0 bridgehead atoms. The summed E-state index contributed by atoms with van der Waals surface area (Å²) in [5.74, 6) is 2.11. The van der Waals surface area contributed by atoms with E-state index < -0.39 is 15.8 Å². The second kappa shape index (κ2) is 8.98. The average Bonchev–Trinajstić information content (AvgIpc) is 3.01. The van der Waals surface area contributed by atoms with Crippen LogP contribution in [0.25, 0.3) is 0 Å². The van der Waals surface area contributed by atoms with Gasteiger partial charge in [0.05, 0.1) is 17.6 Å². The number of hydrogen-bond donors (Lipinski definition) is 0. The third-order valence-corrected chi connectivity index (χ3v) is 8.36. The highest BCUT2D eigenvalue weighted by Crippen LogP contribution is 2.39. The fraction of sp³-hybridized carbons (Fsp3) is 0.269. The molecule has 1 unspecified atom stereocenters. The Bertz CT molecular complexity index is 1420. The number of hydrogen-bond acceptors (Lipinski definition) is 6. The molecule has 3 aromatic carbocycles. The number of sulfonamides is 1. The number of nitrogens with zero attached hydrogens (tertiary/aromatic N) is 3. The minimum Gasteiger partial charge on any atom is -0.497 e. The largest absolute Gasteiger partial charge is 0.497 e. The number of aryl methyl sites for hydroxylation is 1. The maximum Gasteiger partial charge on any atom is 0.243 e. The Morgan fingerprint density at radius 2 is 1.86 bits per heavy atom. The van der Waals surface area contributed by atoms with Crippen LogP contribution in [0.3, 0.4) is 0 Å². The Morgan fingerprint density at radius 1 is 1.06 bits per heavy atom. The molecule has 182 valence electrons. The monoisotopic (exact) mass is 495 g/mol. The van der Waals surface area contributed by atoms with Gasteiger partial charge in [-0.1, -0.05) is 18.2 Å². The molecular weight excluding hydrogens is 469 g/mol. The van der Waals surface area contributed by atoms with Crippen LogP contribution in [0.15, 0.2) is 70.6 Å². The average molecular weight is 496 g/mol. The van der Waals surface area contributed by atoms with Crippen molar-refractivity contribution in [3.8, 4) is 17.2 Å². The van der Waals surface area contributed by atoms with Crippen LogP contribution < -0.4 is 9.47 Å². The molecule has 0 radical (unpaired) electrons. The van der Waals surface area contributed by atoms with Crippen molar-refractivity contribution >= 4 is 21.5 Å². The molecule has 2 heterocycles.